The highest BCUT2D eigenvalue weighted by molar-refractivity contribution is 6.31. The number of nitriles is 1. The standard InChI is InChI=1S/C12H11ClN4/c1-8(15)10-3-2-9(6-11(10)13)17-5-4-16-12(17)7-14/h2-6,8H,15H2,1H3. The van der Waals surface area contributed by atoms with E-state index in [1.165, 1.54) is 0 Å². The van der Waals surface area contributed by atoms with Crippen molar-refractivity contribution in [2.24, 2.45) is 5.73 Å². The van der Waals surface area contributed by atoms with E-state index in [0.29, 0.717) is 10.8 Å². The molecule has 1 heterocycles. The van der Waals surface area contributed by atoms with Crippen molar-refractivity contribution in [1.29, 1.82) is 5.26 Å². The van der Waals surface area contributed by atoms with Gasteiger partial charge in [0.2, 0.25) is 5.82 Å². The second-order valence-corrected chi connectivity index (χ2v) is 4.13. The lowest BCUT2D eigenvalue weighted by Gasteiger charge is -2.10. The first kappa shape index (κ1) is 11.6. The van der Waals surface area contributed by atoms with Crippen LogP contribution in [0, 0.1) is 11.3 Å². The molecule has 0 aliphatic carbocycles. The second-order valence-electron chi connectivity index (χ2n) is 3.73. The molecule has 0 spiro atoms. The van der Waals surface area contributed by atoms with E-state index in [4.69, 9.17) is 22.6 Å². The Bertz CT molecular complexity index is 580. The van der Waals surface area contributed by atoms with Gasteiger partial charge in [-0.1, -0.05) is 17.7 Å². The van der Waals surface area contributed by atoms with E-state index in [-0.39, 0.29) is 6.04 Å². The van der Waals surface area contributed by atoms with Crippen molar-refractivity contribution in [1.82, 2.24) is 9.55 Å². The topological polar surface area (TPSA) is 67.6 Å². The Morgan fingerprint density at radius 3 is 2.88 bits per heavy atom. The quantitative estimate of drug-likeness (QED) is 0.885. The summed E-state index contributed by atoms with van der Waals surface area (Å²) >= 11 is 6.14. The fourth-order valence-corrected chi connectivity index (χ4v) is 1.98. The molecule has 17 heavy (non-hydrogen) atoms. The number of nitrogens with two attached hydrogens (primary N) is 1. The van der Waals surface area contributed by atoms with E-state index >= 15 is 0 Å². The summed E-state index contributed by atoms with van der Waals surface area (Å²) in [6.07, 6.45) is 3.29. The number of nitrogens with zero attached hydrogens (tertiary/aromatic N) is 3. The second kappa shape index (κ2) is 4.58. The first-order valence-electron chi connectivity index (χ1n) is 5.12. The van der Waals surface area contributed by atoms with E-state index in [2.05, 4.69) is 4.98 Å². The van der Waals surface area contributed by atoms with Crippen LogP contribution in [0.2, 0.25) is 5.02 Å². The summed E-state index contributed by atoms with van der Waals surface area (Å²) in [6.45, 7) is 1.87. The van der Waals surface area contributed by atoms with Gasteiger partial charge >= 0.3 is 0 Å². The van der Waals surface area contributed by atoms with Crippen LogP contribution in [-0.4, -0.2) is 9.55 Å². The number of hydrogen-bond donors (Lipinski definition) is 1. The SMILES string of the molecule is CC(N)c1ccc(-n2ccnc2C#N)cc1Cl. The summed E-state index contributed by atoms with van der Waals surface area (Å²) < 4.78 is 1.68. The summed E-state index contributed by atoms with van der Waals surface area (Å²) in [4.78, 5) is 3.93. The van der Waals surface area contributed by atoms with Crippen LogP contribution in [0.3, 0.4) is 0 Å². The van der Waals surface area contributed by atoms with Crippen molar-refractivity contribution < 1.29 is 0 Å². The van der Waals surface area contributed by atoms with Crippen molar-refractivity contribution >= 4 is 11.6 Å². The molecule has 2 aromatic rings. The van der Waals surface area contributed by atoms with E-state index in [9.17, 15) is 0 Å². The van der Waals surface area contributed by atoms with Gasteiger partial charge in [0, 0.05) is 29.1 Å². The van der Waals surface area contributed by atoms with Gasteiger partial charge in [-0.25, -0.2) is 4.98 Å². The smallest absolute Gasteiger partial charge is 0.217 e. The van der Waals surface area contributed by atoms with E-state index < -0.39 is 0 Å². The molecule has 0 saturated carbocycles. The zero-order valence-corrected chi connectivity index (χ0v) is 10.0. The first-order chi connectivity index (χ1) is 8.13. The fourth-order valence-electron chi connectivity index (χ4n) is 1.63. The van der Waals surface area contributed by atoms with Gasteiger partial charge in [-0.2, -0.15) is 5.26 Å². The minimum atomic E-state index is -0.116. The Morgan fingerprint density at radius 2 is 2.29 bits per heavy atom. The molecule has 0 saturated heterocycles. The van der Waals surface area contributed by atoms with Crippen LogP contribution in [0.1, 0.15) is 24.4 Å². The van der Waals surface area contributed by atoms with Crippen molar-refractivity contribution in [2.45, 2.75) is 13.0 Å². The number of halogens is 1. The molecule has 1 atom stereocenters. The molecule has 0 bridgehead atoms. The van der Waals surface area contributed by atoms with Gasteiger partial charge in [0.15, 0.2) is 0 Å². The van der Waals surface area contributed by atoms with Gasteiger partial charge in [-0.15, -0.1) is 0 Å². The first-order valence-corrected chi connectivity index (χ1v) is 5.50. The fraction of sp³-hybridized carbons (Fsp3) is 0.167. The summed E-state index contributed by atoms with van der Waals surface area (Å²) in [5.74, 6) is 0.328. The van der Waals surface area contributed by atoms with E-state index in [1.54, 1.807) is 23.0 Å². The van der Waals surface area contributed by atoms with Crippen LogP contribution in [0.5, 0.6) is 0 Å². The van der Waals surface area contributed by atoms with Crippen molar-refractivity contribution in [3.63, 3.8) is 0 Å². The minimum absolute atomic E-state index is 0.116. The third kappa shape index (κ3) is 2.16. The molecule has 1 aromatic carbocycles. The lowest BCUT2D eigenvalue weighted by molar-refractivity contribution is 0.817. The molecule has 0 amide bonds. The summed E-state index contributed by atoms with van der Waals surface area (Å²) in [6, 6.07) is 7.41. The van der Waals surface area contributed by atoms with Crippen LogP contribution < -0.4 is 5.73 Å². The third-order valence-corrected chi connectivity index (χ3v) is 2.82. The lowest BCUT2D eigenvalue weighted by atomic mass is 10.1. The van der Waals surface area contributed by atoms with Crippen molar-refractivity contribution in [2.75, 3.05) is 0 Å². The number of imidazole rings is 1. The molecule has 86 valence electrons. The van der Waals surface area contributed by atoms with E-state index in [0.717, 1.165) is 11.3 Å². The third-order valence-electron chi connectivity index (χ3n) is 2.49. The number of hydrogen-bond acceptors (Lipinski definition) is 3. The Labute approximate surface area is 104 Å². The molecular formula is C12H11ClN4. The van der Waals surface area contributed by atoms with Gasteiger partial charge < -0.3 is 5.73 Å². The number of aromatic nitrogens is 2. The van der Waals surface area contributed by atoms with Gasteiger partial charge in [0.1, 0.15) is 6.07 Å². The molecule has 0 fully saturated rings. The predicted octanol–water partition coefficient (Wildman–Crippen LogP) is 2.42. The van der Waals surface area contributed by atoms with Crippen molar-refractivity contribution in [3.8, 4) is 11.8 Å². The minimum Gasteiger partial charge on any atom is -0.324 e. The van der Waals surface area contributed by atoms with Crippen LogP contribution in [0.15, 0.2) is 30.6 Å². The molecule has 0 radical (unpaired) electrons. The van der Waals surface area contributed by atoms with Gasteiger partial charge in [0.05, 0.1) is 0 Å². The zero-order valence-electron chi connectivity index (χ0n) is 9.26. The summed E-state index contributed by atoms with van der Waals surface area (Å²) in [7, 11) is 0. The van der Waals surface area contributed by atoms with Crippen LogP contribution in [-0.2, 0) is 0 Å². The van der Waals surface area contributed by atoms with Gasteiger partial charge in [-0.3, -0.25) is 4.57 Å². The van der Waals surface area contributed by atoms with Gasteiger partial charge in [0.25, 0.3) is 0 Å². The number of rotatable bonds is 2. The predicted molar refractivity (Wildman–Crippen MR) is 65.9 cm³/mol. The molecule has 0 aliphatic heterocycles. The maximum Gasteiger partial charge on any atom is 0.217 e. The van der Waals surface area contributed by atoms with E-state index in [1.807, 2.05) is 25.1 Å². The van der Waals surface area contributed by atoms with Gasteiger partial charge in [-0.05, 0) is 24.6 Å². The largest absolute Gasteiger partial charge is 0.324 e. The normalized spacial score (nSPS) is 12.1. The average molecular weight is 247 g/mol. The molecule has 2 N–H and O–H groups in total. The molecular weight excluding hydrogens is 236 g/mol. The van der Waals surface area contributed by atoms with Crippen LogP contribution in [0.4, 0.5) is 0 Å². The summed E-state index contributed by atoms with van der Waals surface area (Å²) in [5.41, 5.74) is 7.47. The highest BCUT2D eigenvalue weighted by atomic mass is 35.5. The zero-order chi connectivity index (χ0) is 12.4. The molecule has 5 heteroatoms. The monoisotopic (exact) mass is 246 g/mol. The Hall–Kier alpha value is -1.83. The highest BCUT2D eigenvalue weighted by Gasteiger charge is 2.09. The molecule has 0 aliphatic rings. The molecule has 4 nitrogen and oxygen atoms in total. The highest BCUT2D eigenvalue weighted by Crippen LogP contribution is 2.24. The van der Waals surface area contributed by atoms with Crippen molar-refractivity contribution in [3.05, 3.63) is 47.0 Å². The summed E-state index contributed by atoms with van der Waals surface area (Å²) in [5, 5.41) is 9.49. The average Bonchev–Trinajstić information content (AvgIpc) is 2.76. The van der Waals surface area contributed by atoms with Crippen LogP contribution >= 0.6 is 11.6 Å². The lowest BCUT2D eigenvalue weighted by Crippen LogP contribution is -2.06. The molecule has 2 rings (SSSR count). The van der Waals surface area contributed by atoms with Crippen LogP contribution in [0.25, 0.3) is 5.69 Å². The molecule has 1 aromatic heterocycles. The maximum absolute atomic E-state index is 8.89. The Balaban J connectivity index is 2.49. The Kier molecular flexibility index (Phi) is 3.14. The maximum atomic E-state index is 8.89. The number of benzene rings is 1. The Morgan fingerprint density at radius 1 is 1.53 bits per heavy atom. The molecule has 1 unspecified atom stereocenters.